The van der Waals surface area contributed by atoms with Crippen molar-refractivity contribution < 1.29 is 9.21 Å². The molecule has 0 unspecified atom stereocenters. The van der Waals surface area contributed by atoms with Crippen molar-refractivity contribution >= 4 is 5.91 Å². The highest BCUT2D eigenvalue weighted by Gasteiger charge is 2.04. The van der Waals surface area contributed by atoms with E-state index in [1.54, 1.807) is 0 Å². The van der Waals surface area contributed by atoms with Gasteiger partial charge in [-0.15, -0.1) is 0 Å². The molecule has 90 valence electrons. The lowest BCUT2D eigenvalue weighted by Crippen LogP contribution is -2.37. The Morgan fingerprint density at radius 1 is 1.38 bits per heavy atom. The average molecular weight is 224 g/mol. The van der Waals surface area contributed by atoms with Gasteiger partial charge in [-0.3, -0.25) is 4.79 Å². The van der Waals surface area contributed by atoms with E-state index in [9.17, 15) is 4.79 Å². The Kier molecular flexibility index (Phi) is 5.05. The first kappa shape index (κ1) is 12.8. The van der Waals surface area contributed by atoms with Crippen LogP contribution >= 0.6 is 0 Å². The summed E-state index contributed by atoms with van der Waals surface area (Å²) in [6.07, 6.45) is 0.897. The molecule has 0 aromatic carbocycles. The number of hydrogen-bond donors (Lipinski definition) is 2. The van der Waals surface area contributed by atoms with Gasteiger partial charge in [-0.05, 0) is 26.0 Å². The van der Waals surface area contributed by atoms with Crippen molar-refractivity contribution in [2.24, 2.45) is 0 Å². The summed E-state index contributed by atoms with van der Waals surface area (Å²) in [4.78, 5) is 11.3. The lowest BCUT2D eigenvalue weighted by atomic mass is 10.3. The van der Waals surface area contributed by atoms with Crippen LogP contribution in [0.5, 0.6) is 0 Å². The number of amides is 1. The molecule has 0 radical (unpaired) electrons. The summed E-state index contributed by atoms with van der Waals surface area (Å²) < 4.78 is 5.50. The number of hydrogen-bond acceptors (Lipinski definition) is 3. The van der Waals surface area contributed by atoms with E-state index in [0.29, 0.717) is 13.1 Å². The molecule has 0 saturated carbocycles. The van der Waals surface area contributed by atoms with E-state index in [-0.39, 0.29) is 11.9 Å². The largest absolute Gasteiger partial charge is 0.465 e. The van der Waals surface area contributed by atoms with Gasteiger partial charge in [0.2, 0.25) is 5.91 Å². The lowest BCUT2D eigenvalue weighted by Gasteiger charge is -2.08. The Bertz CT molecular complexity index is 332. The van der Waals surface area contributed by atoms with Gasteiger partial charge in [0.15, 0.2) is 0 Å². The maximum atomic E-state index is 11.3. The Balaban J connectivity index is 2.22. The molecule has 16 heavy (non-hydrogen) atoms. The first-order valence-electron chi connectivity index (χ1n) is 5.69. The topological polar surface area (TPSA) is 54.3 Å². The van der Waals surface area contributed by atoms with E-state index in [4.69, 9.17) is 4.42 Å². The summed E-state index contributed by atoms with van der Waals surface area (Å²) in [5, 5.41) is 5.85. The van der Waals surface area contributed by atoms with Crippen LogP contribution in [0.2, 0.25) is 0 Å². The maximum absolute atomic E-state index is 11.3. The van der Waals surface area contributed by atoms with Crippen molar-refractivity contribution in [2.45, 2.75) is 39.8 Å². The second-order valence-electron chi connectivity index (χ2n) is 4.05. The predicted molar refractivity (Wildman–Crippen MR) is 63.1 cm³/mol. The average Bonchev–Trinajstić information content (AvgIpc) is 2.64. The molecule has 0 fully saturated rings. The van der Waals surface area contributed by atoms with Gasteiger partial charge in [-0.2, -0.15) is 0 Å². The Morgan fingerprint density at radius 2 is 2.06 bits per heavy atom. The Morgan fingerprint density at radius 3 is 2.62 bits per heavy atom. The van der Waals surface area contributed by atoms with Gasteiger partial charge in [0.1, 0.15) is 11.5 Å². The van der Waals surface area contributed by atoms with Crippen LogP contribution in [0.3, 0.4) is 0 Å². The monoisotopic (exact) mass is 224 g/mol. The predicted octanol–water partition coefficient (Wildman–Crippen LogP) is 1.46. The van der Waals surface area contributed by atoms with Gasteiger partial charge in [0.25, 0.3) is 0 Å². The molecular weight excluding hydrogens is 204 g/mol. The Labute approximate surface area is 96.4 Å². The zero-order valence-electron chi connectivity index (χ0n) is 10.2. The van der Waals surface area contributed by atoms with E-state index < -0.39 is 0 Å². The van der Waals surface area contributed by atoms with Gasteiger partial charge >= 0.3 is 0 Å². The third-order valence-electron chi connectivity index (χ3n) is 2.10. The van der Waals surface area contributed by atoms with Crippen LogP contribution in [0.1, 0.15) is 32.3 Å². The summed E-state index contributed by atoms with van der Waals surface area (Å²) in [5.74, 6) is 1.86. The smallest absolute Gasteiger partial charge is 0.234 e. The number of aryl methyl sites for hydroxylation is 1. The van der Waals surface area contributed by atoms with Crippen LogP contribution < -0.4 is 10.6 Å². The highest BCUT2D eigenvalue weighted by atomic mass is 16.3. The third kappa shape index (κ3) is 4.49. The number of carbonyl (C=O) groups excluding carboxylic acids is 1. The van der Waals surface area contributed by atoms with Gasteiger partial charge in [-0.25, -0.2) is 0 Å². The van der Waals surface area contributed by atoms with E-state index in [1.165, 1.54) is 0 Å². The van der Waals surface area contributed by atoms with Crippen LogP contribution in [0, 0.1) is 0 Å². The molecule has 0 aliphatic carbocycles. The summed E-state index contributed by atoms with van der Waals surface area (Å²) in [6, 6.07) is 4.09. The second-order valence-corrected chi connectivity index (χ2v) is 4.05. The van der Waals surface area contributed by atoms with Crippen molar-refractivity contribution in [1.82, 2.24) is 10.6 Å². The fraction of sp³-hybridized carbons (Fsp3) is 0.583. The number of nitrogens with one attached hydrogen (secondary N) is 2. The van der Waals surface area contributed by atoms with Gasteiger partial charge in [-0.1, -0.05) is 6.92 Å². The van der Waals surface area contributed by atoms with E-state index in [1.807, 2.05) is 32.9 Å². The van der Waals surface area contributed by atoms with Crippen LogP contribution in [-0.2, 0) is 17.8 Å². The first-order valence-corrected chi connectivity index (χ1v) is 5.69. The molecule has 0 atom stereocenters. The lowest BCUT2D eigenvalue weighted by molar-refractivity contribution is -0.120. The fourth-order valence-corrected chi connectivity index (χ4v) is 1.38. The summed E-state index contributed by atoms with van der Waals surface area (Å²) >= 11 is 0. The summed E-state index contributed by atoms with van der Waals surface area (Å²) in [6.45, 7) is 6.84. The normalized spacial score (nSPS) is 10.8. The van der Waals surface area contributed by atoms with Crippen molar-refractivity contribution in [3.63, 3.8) is 0 Å². The van der Waals surface area contributed by atoms with Crippen molar-refractivity contribution in [3.8, 4) is 0 Å². The minimum atomic E-state index is 0.0114. The molecule has 0 saturated heterocycles. The SMILES string of the molecule is CCc1ccc(CNCC(=O)NC(C)C)o1. The van der Waals surface area contributed by atoms with Gasteiger partial charge in [0.05, 0.1) is 13.1 Å². The van der Waals surface area contributed by atoms with E-state index in [0.717, 1.165) is 17.9 Å². The van der Waals surface area contributed by atoms with Crippen LogP contribution in [0.4, 0.5) is 0 Å². The minimum Gasteiger partial charge on any atom is -0.465 e. The van der Waals surface area contributed by atoms with Crippen LogP contribution in [0.25, 0.3) is 0 Å². The van der Waals surface area contributed by atoms with Crippen LogP contribution in [-0.4, -0.2) is 18.5 Å². The number of furan rings is 1. The first-order chi connectivity index (χ1) is 7.61. The molecular formula is C12H20N2O2. The molecule has 1 heterocycles. The quantitative estimate of drug-likeness (QED) is 0.769. The molecule has 4 nitrogen and oxygen atoms in total. The fourth-order valence-electron chi connectivity index (χ4n) is 1.38. The molecule has 0 aliphatic heterocycles. The summed E-state index contributed by atoms with van der Waals surface area (Å²) in [5.41, 5.74) is 0. The number of rotatable bonds is 6. The molecule has 0 aliphatic rings. The highest BCUT2D eigenvalue weighted by Crippen LogP contribution is 2.07. The van der Waals surface area contributed by atoms with E-state index in [2.05, 4.69) is 10.6 Å². The zero-order chi connectivity index (χ0) is 12.0. The van der Waals surface area contributed by atoms with Crippen molar-refractivity contribution in [2.75, 3.05) is 6.54 Å². The van der Waals surface area contributed by atoms with Crippen molar-refractivity contribution in [1.29, 1.82) is 0 Å². The molecule has 1 aromatic heterocycles. The Hall–Kier alpha value is -1.29. The molecule has 1 aromatic rings. The van der Waals surface area contributed by atoms with Crippen LogP contribution in [0.15, 0.2) is 16.5 Å². The number of carbonyl (C=O) groups is 1. The second kappa shape index (κ2) is 6.33. The standard InChI is InChI=1S/C12H20N2O2/c1-4-10-5-6-11(16-10)7-13-8-12(15)14-9(2)3/h5-6,9,13H,4,7-8H2,1-3H3,(H,14,15). The van der Waals surface area contributed by atoms with Gasteiger partial charge in [0, 0.05) is 12.5 Å². The van der Waals surface area contributed by atoms with E-state index >= 15 is 0 Å². The third-order valence-corrected chi connectivity index (χ3v) is 2.10. The molecule has 1 rings (SSSR count). The van der Waals surface area contributed by atoms with Gasteiger partial charge < -0.3 is 15.1 Å². The molecule has 2 N–H and O–H groups in total. The molecule has 0 spiro atoms. The molecule has 0 bridgehead atoms. The van der Waals surface area contributed by atoms with Crippen molar-refractivity contribution in [3.05, 3.63) is 23.7 Å². The zero-order valence-corrected chi connectivity index (χ0v) is 10.2. The molecule has 4 heteroatoms. The minimum absolute atomic E-state index is 0.0114. The summed E-state index contributed by atoms with van der Waals surface area (Å²) in [7, 11) is 0. The molecule has 1 amide bonds. The maximum Gasteiger partial charge on any atom is 0.234 e. The highest BCUT2D eigenvalue weighted by molar-refractivity contribution is 5.78.